The summed E-state index contributed by atoms with van der Waals surface area (Å²) in [7, 11) is -1.82. The summed E-state index contributed by atoms with van der Waals surface area (Å²) in [5.74, 6) is 0.688. The van der Waals surface area contributed by atoms with Crippen LogP contribution < -0.4 is 10.4 Å². The summed E-state index contributed by atoms with van der Waals surface area (Å²) in [6.07, 6.45) is 5.81. The van der Waals surface area contributed by atoms with Crippen LogP contribution in [-0.4, -0.2) is 15.5 Å². The van der Waals surface area contributed by atoms with E-state index in [0.29, 0.717) is 24.2 Å². The first-order valence-corrected chi connectivity index (χ1v) is 10.6. The van der Waals surface area contributed by atoms with Crippen LogP contribution in [-0.2, 0) is 16.3 Å². The predicted octanol–water partition coefficient (Wildman–Crippen LogP) is 4.50. The monoisotopic (exact) mass is 398 g/mol. The van der Waals surface area contributed by atoms with E-state index in [-0.39, 0.29) is 10.5 Å². The third-order valence-corrected chi connectivity index (χ3v) is 6.00. The van der Waals surface area contributed by atoms with Crippen LogP contribution >= 0.6 is 0 Å². The van der Waals surface area contributed by atoms with Crippen molar-refractivity contribution < 1.29 is 17.6 Å². The lowest BCUT2D eigenvalue weighted by Crippen LogP contribution is -2.07. The molecule has 0 spiro atoms. The molecule has 0 fully saturated rings. The lowest BCUT2D eigenvalue weighted by molar-refractivity contribution is 0.415. The van der Waals surface area contributed by atoms with Gasteiger partial charge in [-0.2, -0.15) is 0 Å². The summed E-state index contributed by atoms with van der Waals surface area (Å²) in [6.45, 7) is 0. The van der Waals surface area contributed by atoms with E-state index in [1.165, 1.54) is 11.7 Å². The fourth-order valence-corrected chi connectivity index (χ4v) is 4.09. The number of rotatable bonds is 8. The molecule has 0 bridgehead atoms. The van der Waals surface area contributed by atoms with E-state index in [1.807, 2.05) is 18.2 Å². The molecule has 1 heterocycles. The van der Waals surface area contributed by atoms with Crippen molar-refractivity contribution in [2.75, 3.05) is 7.11 Å². The molecule has 1 aromatic heterocycles. The van der Waals surface area contributed by atoms with Crippen LogP contribution in [0, 0.1) is 0 Å². The Morgan fingerprint density at radius 1 is 1.07 bits per heavy atom. The number of allylic oxidation sites excluding steroid dienone is 1. The van der Waals surface area contributed by atoms with Gasteiger partial charge in [0.1, 0.15) is 12.0 Å². The van der Waals surface area contributed by atoms with Crippen molar-refractivity contribution in [3.8, 4) is 5.75 Å². The molecule has 28 heavy (non-hydrogen) atoms. The summed E-state index contributed by atoms with van der Waals surface area (Å²) in [5.41, 5.74) is 0.278. The Labute approximate surface area is 164 Å². The molecule has 5 nitrogen and oxygen atoms in total. The molecule has 0 aliphatic rings. The Kier molecular flexibility index (Phi) is 6.31. The van der Waals surface area contributed by atoms with Crippen molar-refractivity contribution in [1.82, 2.24) is 0 Å². The van der Waals surface area contributed by atoms with E-state index in [4.69, 9.17) is 9.15 Å². The van der Waals surface area contributed by atoms with E-state index in [2.05, 4.69) is 0 Å². The van der Waals surface area contributed by atoms with Crippen LogP contribution in [0.3, 0.4) is 0 Å². The van der Waals surface area contributed by atoms with E-state index in [0.717, 1.165) is 23.6 Å². The molecule has 0 saturated carbocycles. The number of aryl methyl sites for hydroxylation is 1. The van der Waals surface area contributed by atoms with Gasteiger partial charge in [0.2, 0.25) is 0 Å². The largest absolute Gasteiger partial charge is 0.497 e. The van der Waals surface area contributed by atoms with Gasteiger partial charge in [-0.1, -0.05) is 24.3 Å². The molecule has 3 aromatic rings. The van der Waals surface area contributed by atoms with E-state index < -0.39 is 9.84 Å². The Morgan fingerprint density at radius 3 is 2.61 bits per heavy atom. The highest BCUT2D eigenvalue weighted by Gasteiger charge is 2.10. The van der Waals surface area contributed by atoms with Crippen molar-refractivity contribution in [2.45, 2.75) is 30.6 Å². The summed E-state index contributed by atoms with van der Waals surface area (Å²) in [5, 5.41) is 2.93. The van der Waals surface area contributed by atoms with E-state index in [1.54, 1.807) is 43.5 Å². The molecule has 146 valence electrons. The molecule has 0 atom stereocenters. The second-order valence-electron chi connectivity index (χ2n) is 6.43. The standard InChI is InChI=1S/C22H22O5S/c1-26-18-13-12-17-16-27-22(23)20(21(17)15-18)11-7-2-3-8-14-28(24,25)19-9-5-4-6-10-19/h4-6,8-10,12-16H,2-3,7,11H2,1H3/b14-8+. The van der Waals surface area contributed by atoms with E-state index in [9.17, 15) is 13.2 Å². The first-order chi connectivity index (χ1) is 13.5. The first kappa shape index (κ1) is 19.9. The Hall–Kier alpha value is -2.86. The number of ether oxygens (including phenoxy) is 1. The van der Waals surface area contributed by atoms with Crippen LogP contribution in [0.2, 0.25) is 0 Å². The van der Waals surface area contributed by atoms with Crippen LogP contribution in [0.4, 0.5) is 0 Å². The molecule has 3 rings (SSSR count). The minimum Gasteiger partial charge on any atom is -0.497 e. The number of hydrogen-bond donors (Lipinski definition) is 0. The van der Waals surface area contributed by atoms with Crippen molar-refractivity contribution >= 4 is 20.6 Å². The number of sulfone groups is 1. The van der Waals surface area contributed by atoms with Gasteiger partial charge in [0.05, 0.1) is 12.0 Å². The highest BCUT2D eigenvalue weighted by atomic mass is 32.2. The fourth-order valence-electron chi connectivity index (χ4n) is 3.01. The number of fused-ring (bicyclic) bond motifs is 1. The molecular weight excluding hydrogens is 376 g/mol. The Bertz CT molecular complexity index is 1130. The molecule has 0 N–H and O–H groups in total. The highest BCUT2D eigenvalue weighted by Crippen LogP contribution is 2.23. The van der Waals surface area contributed by atoms with Gasteiger partial charge in [-0.15, -0.1) is 0 Å². The number of methoxy groups -OCH3 is 1. The second-order valence-corrected chi connectivity index (χ2v) is 8.26. The molecule has 0 unspecified atom stereocenters. The predicted molar refractivity (Wildman–Crippen MR) is 109 cm³/mol. The Balaban J connectivity index is 1.61. The zero-order valence-electron chi connectivity index (χ0n) is 15.6. The van der Waals surface area contributed by atoms with Gasteiger partial charge in [0.25, 0.3) is 0 Å². The molecular formula is C22H22O5S. The van der Waals surface area contributed by atoms with Gasteiger partial charge >= 0.3 is 5.63 Å². The van der Waals surface area contributed by atoms with Gasteiger partial charge in [-0.05, 0) is 61.4 Å². The summed E-state index contributed by atoms with van der Waals surface area (Å²) >= 11 is 0. The van der Waals surface area contributed by atoms with Gasteiger partial charge in [-0.3, -0.25) is 0 Å². The lowest BCUT2D eigenvalue weighted by Gasteiger charge is -2.06. The molecule has 2 aromatic carbocycles. The summed E-state index contributed by atoms with van der Waals surface area (Å²) in [4.78, 5) is 12.4. The normalized spacial score (nSPS) is 11.9. The maximum Gasteiger partial charge on any atom is 0.339 e. The number of hydrogen-bond acceptors (Lipinski definition) is 5. The maximum atomic E-state index is 12.2. The van der Waals surface area contributed by atoms with Crippen molar-refractivity contribution in [3.05, 3.63) is 82.3 Å². The third kappa shape index (κ3) is 4.70. The SMILES string of the molecule is COc1ccc2coc(=O)c(CCCC/C=C/S(=O)(=O)c3ccccc3)c2c1. The maximum absolute atomic E-state index is 12.2. The highest BCUT2D eigenvalue weighted by molar-refractivity contribution is 7.94. The topological polar surface area (TPSA) is 73.6 Å². The molecule has 0 radical (unpaired) electrons. The minimum atomic E-state index is -3.40. The van der Waals surface area contributed by atoms with Gasteiger partial charge in [0.15, 0.2) is 9.84 Å². The fraction of sp³-hybridized carbons (Fsp3) is 0.227. The van der Waals surface area contributed by atoms with Crippen LogP contribution in [0.15, 0.2) is 80.4 Å². The third-order valence-electron chi connectivity index (χ3n) is 4.52. The second kappa shape index (κ2) is 8.89. The van der Waals surface area contributed by atoms with Crippen molar-refractivity contribution in [2.24, 2.45) is 0 Å². The molecule has 0 saturated heterocycles. The van der Waals surface area contributed by atoms with Crippen molar-refractivity contribution in [1.29, 1.82) is 0 Å². The molecule has 0 amide bonds. The Morgan fingerprint density at radius 2 is 1.86 bits per heavy atom. The number of benzene rings is 2. The quantitative estimate of drug-likeness (QED) is 0.522. The number of unbranched alkanes of at least 4 members (excludes halogenated alkanes) is 2. The zero-order chi connectivity index (χ0) is 20.0. The van der Waals surface area contributed by atoms with Crippen LogP contribution in [0.25, 0.3) is 10.8 Å². The van der Waals surface area contributed by atoms with Crippen LogP contribution in [0.5, 0.6) is 5.75 Å². The smallest absolute Gasteiger partial charge is 0.339 e. The molecule has 0 aliphatic heterocycles. The lowest BCUT2D eigenvalue weighted by atomic mass is 10.0. The summed E-state index contributed by atoms with van der Waals surface area (Å²) in [6, 6.07) is 13.9. The summed E-state index contributed by atoms with van der Waals surface area (Å²) < 4.78 is 34.7. The van der Waals surface area contributed by atoms with Crippen molar-refractivity contribution in [3.63, 3.8) is 0 Å². The first-order valence-electron chi connectivity index (χ1n) is 9.06. The van der Waals surface area contributed by atoms with Gasteiger partial charge in [-0.25, -0.2) is 13.2 Å². The minimum absolute atomic E-state index is 0.286. The van der Waals surface area contributed by atoms with Gasteiger partial charge < -0.3 is 9.15 Å². The van der Waals surface area contributed by atoms with Gasteiger partial charge in [0, 0.05) is 16.4 Å². The van der Waals surface area contributed by atoms with E-state index >= 15 is 0 Å². The average molecular weight is 398 g/mol. The zero-order valence-corrected chi connectivity index (χ0v) is 16.4. The molecule has 6 heteroatoms. The average Bonchev–Trinajstić information content (AvgIpc) is 2.72. The van der Waals surface area contributed by atoms with Crippen LogP contribution in [0.1, 0.15) is 24.8 Å². The molecule has 0 aliphatic carbocycles.